The van der Waals surface area contributed by atoms with Crippen LogP contribution in [0.2, 0.25) is 0 Å². The van der Waals surface area contributed by atoms with Crippen molar-refractivity contribution >= 4 is 27.7 Å². The average Bonchev–Trinajstić information content (AvgIpc) is 2.62. The van der Waals surface area contributed by atoms with Gasteiger partial charge in [0.1, 0.15) is 0 Å². The highest BCUT2D eigenvalue weighted by atomic mass is 79.9. The molecule has 19 heavy (non-hydrogen) atoms. The fourth-order valence-corrected chi connectivity index (χ4v) is 3.48. The summed E-state index contributed by atoms with van der Waals surface area (Å²) in [6.45, 7) is 8.97. The van der Waals surface area contributed by atoms with E-state index in [0.717, 1.165) is 39.0 Å². The van der Waals surface area contributed by atoms with E-state index in [-0.39, 0.29) is 0 Å². The highest BCUT2D eigenvalue weighted by molar-refractivity contribution is 9.10. The lowest BCUT2D eigenvalue weighted by molar-refractivity contribution is 0.631. The molecule has 2 rings (SSSR count). The van der Waals surface area contributed by atoms with Gasteiger partial charge in [-0.25, -0.2) is 9.97 Å². The van der Waals surface area contributed by atoms with Crippen LogP contribution in [0.25, 0.3) is 0 Å². The number of aromatic nitrogens is 4. The quantitative estimate of drug-likeness (QED) is 0.629. The Bertz CT molecular complexity index is 574. The van der Waals surface area contributed by atoms with Crippen molar-refractivity contribution in [3.8, 4) is 0 Å². The Morgan fingerprint density at radius 2 is 1.84 bits per heavy atom. The van der Waals surface area contributed by atoms with E-state index in [4.69, 9.17) is 0 Å². The summed E-state index contributed by atoms with van der Waals surface area (Å²) < 4.78 is 3.11. The summed E-state index contributed by atoms with van der Waals surface area (Å²) >= 11 is 5.25. The molecule has 0 amide bonds. The second-order valence-electron chi connectivity index (χ2n) is 4.38. The van der Waals surface area contributed by atoms with Crippen LogP contribution >= 0.6 is 27.7 Å². The molecule has 0 aliphatic rings. The molecule has 102 valence electrons. The van der Waals surface area contributed by atoms with E-state index in [9.17, 15) is 0 Å². The van der Waals surface area contributed by atoms with Gasteiger partial charge in [-0.2, -0.15) is 5.10 Å². The van der Waals surface area contributed by atoms with Crippen molar-refractivity contribution < 1.29 is 0 Å². The molecule has 0 aliphatic carbocycles. The minimum Gasteiger partial charge on any atom is -0.268 e. The van der Waals surface area contributed by atoms with E-state index in [1.807, 2.05) is 31.5 Å². The number of hydrogen-bond donors (Lipinski definition) is 0. The Hall–Kier alpha value is -0.880. The molecule has 0 bridgehead atoms. The first-order valence-corrected chi connectivity index (χ1v) is 7.96. The van der Waals surface area contributed by atoms with Crippen LogP contribution in [0.4, 0.5) is 0 Å². The van der Waals surface area contributed by atoms with Crippen molar-refractivity contribution in [1.82, 2.24) is 19.7 Å². The molecule has 0 aliphatic heterocycles. The number of nitrogens with zero attached hydrogens (tertiary/aromatic N) is 4. The Kier molecular flexibility index (Phi) is 4.62. The summed E-state index contributed by atoms with van der Waals surface area (Å²) in [6.07, 6.45) is 0. The first-order chi connectivity index (χ1) is 9.01. The van der Waals surface area contributed by atoms with E-state index < -0.39 is 0 Å². The molecule has 0 fully saturated rings. The topological polar surface area (TPSA) is 43.6 Å². The third-order valence-electron chi connectivity index (χ3n) is 2.75. The third kappa shape index (κ3) is 3.36. The lowest BCUT2D eigenvalue weighted by Crippen LogP contribution is -2.02. The average molecular weight is 341 g/mol. The number of rotatable bonds is 4. The van der Waals surface area contributed by atoms with Gasteiger partial charge in [0.25, 0.3) is 0 Å². The molecule has 0 unspecified atom stereocenters. The van der Waals surface area contributed by atoms with Crippen molar-refractivity contribution in [3.63, 3.8) is 0 Å². The summed E-state index contributed by atoms with van der Waals surface area (Å²) in [5.74, 6) is 0.818. The molecule has 6 heteroatoms. The molecule has 2 aromatic heterocycles. The van der Waals surface area contributed by atoms with Gasteiger partial charge in [0.05, 0.1) is 15.9 Å². The Morgan fingerprint density at radius 1 is 1.21 bits per heavy atom. The van der Waals surface area contributed by atoms with Gasteiger partial charge in [-0.1, -0.05) is 11.8 Å². The molecule has 0 atom stereocenters. The number of halogens is 1. The summed E-state index contributed by atoms with van der Waals surface area (Å²) in [5.41, 5.74) is 4.23. The number of aryl methyl sites for hydroxylation is 4. The van der Waals surface area contributed by atoms with E-state index in [1.165, 1.54) is 5.69 Å². The fourth-order valence-electron chi connectivity index (χ4n) is 1.90. The predicted octanol–water partition coefficient (Wildman–Crippen LogP) is 3.67. The summed E-state index contributed by atoms with van der Waals surface area (Å²) in [5, 5.41) is 5.32. The van der Waals surface area contributed by atoms with Gasteiger partial charge in [-0.3, -0.25) is 4.68 Å². The second kappa shape index (κ2) is 6.05. The maximum Gasteiger partial charge on any atom is 0.188 e. The second-order valence-corrected chi connectivity index (χ2v) is 6.12. The summed E-state index contributed by atoms with van der Waals surface area (Å²) in [4.78, 5) is 8.90. The van der Waals surface area contributed by atoms with Gasteiger partial charge in [0, 0.05) is 23.7 Å². The van der Waals surface area contributed by atoms with Gasteiger partial charge >= 0.3 is 0 Å². The van der Waals surface area contributed by atoms with Gasteiger partial charge in [0.2, 0.25) is 0 Å². The SMILES string of the molecule is CCn1nc(C)c(Br)c1CSc1nc(C)cc(C)n1. The van der Waals surface area contributed by atoms with Crippen LogP contribution in [0.1, 0.15) is 29.7 Å². The van der Waals surface area contributed by atoms with Crippen LogP contribution in [0, 0.1) is 20.8 Å². The van der Waals surface area contributed by atoms with Crippen LogP contribution in [0.5, 0.6) is 0 Å². The maximum absolute atomic E-state index is 4.49. The smallest absolute Gasteiger partial charge is 0.188 e. The van der Waals surface area contributed by atoms with Gasteiger partial charge < -0.3 is 0 Å². The molecular weight excluding hydrogens is 324 g/mol. The van der Waals surface area contributed by atoms with Gasteiger partial charge in [-0.05, 0) is 49.7 Å². The monoisotopic (exact) mass is 340 g/mol. The largest absolute Gasteiger partial charge is 0.268 e. The number of hydrogen-bond acceptors (Lipinski definition) is 4. The summed E-state index contributed by atoms with van der Waals surface area (Å²) in [7, 11) is 0. The zero-order valence-electron chi connectivity index (χ0n) is 11.6. The Morgan fingerprint density at radius 3 is 2.42 bits per heavy atom. The standard InChI is InChI=1S/C13H17BrN4S/c1-5-18-11(12(14)10(4)17-18)7-19-13-15-8(2)6-9(3)16-13/h6H,5,7H2,1-4H3. The van der Waals surface area contributed by atoms with Gasteiger partial charge in [-0.15, -0.1) is 0 Å². The highest BCUT2D eigenvalue weighted by Crippen LogP contribution is 2.27. The zero-order chi connectivity index (χ0) is 14.0. The van der Waals surface area contributed by atoms with E-state index in [1.54, 1.807) is 11.8 Å². The van der Waals surface area contributed by atoms with E-state index >= 15 is 0 Å². The molecule has 0 aromatic carbocycles. The fraction of sp³-hybridized carbons (Fsp3) is 0.462. The van der Waals surface area contributed by atoms with E-state index in [0.29, 0.717) is 0 Å². The van der Waals surface area contributed by atoms with Crippen LogP contribution in [-0.4, -0.2) is 19.7 Å². The van der Waals surface area contributed by atoms with E-state index in [2.05, 4.69) is 37.9 Å². The minimum atomic E-state index is 0.818. The number of thioether (sulfide) groups is 1. The molecule has 0 saturated heterocycles. The molecule has 2 heterocycles. The van der Waals surface area contributed by atoms with Crippen LogP contribution in [-0.2, 0) is 12.3 Å². The van der Waals surface area contributed by atoms with Gasteiger partial charge in [0.15, 0.2) is 5.16 Å². The predicted molar refractivity (Wildman–Crippen MR) is 81.4 cm³/mol. The molecule has 4 nitrogen and oxygen atoms in total. The normalized spacial score (nSPS) is 11.0. The summed E-state index contributed by atoms with van der Waals surface area (Å²) in [6, 6.07) is 1.99. The zero-order valence-corrected chi connectivity index (χ0v) is 14.0. The Balaban J connectivity index is 2.18. The lowest BCUT2D eigenvalue weighted by Gasteiger charge is -2.06. The highest BCUT2D eigenvalue weighted by Gasteiger charge is 2.13. The first-order valence-electron chi connectivity index (χ1n) is 6.18. The third-order valence-corrected chi connectivity index (χ3v) is 4.64. The van der Waals surface area contributed by atoms with Crippen LogP contribution in [0.3, 0.4) is 0 Å². The van der Waals surface area contributed by atoms with Crippen molar-refractivity contribution in [2.75, 3.05) is 0 Å². The van der Waals surface area contributed by atoms with Crippen molar-refractivity contribution in [3.05, 3.63) is 33.3 Å². The molecule has 0 saturated carbocycles. The molecule has 2 aromatic rings. The Labute approximate surface area is 126 Å². The van der Waals surface area contributed by atoms with Crippen LogP contribution in [0.15, 0.2) is 15.7 Å². The van der Waals surface area contributed by atoms with Crippen molar-refractivity contribution in [2.45, 2.75) is 45.1 Å². The lowest BCUT2D eigenvalue weighted by atomic mass is 10.4. The first kappa shape index (κ1) is 14.5. The maximum atomic E-state index is 4.49. The molecule has 0 spiro atoms. The van der Waals surface area contributed by atoms with Crippen molar-refractivity contribution in [2.24, 2.45) is 0 Å². The molecule has 0 radical (unpaired) electrons. The van der Waals surface area contributed by atoms with Crippen molar-refractivity contribution in [1.29, 1.82) is 0 Å². The van der Waals surface area contributed by atoms with Crippen LogP contribution < -0.4 is 0 Å². The minimum absolute atomic E-state index is 0.818. The molecular formula is C13H17BrN4S. The molecule has 0 N–H and O–H groups in total.